The normalized spacial score (nSPS) is 21.6. The zero-order chi connectivity index (χ0) is 26.5. The molecule has 2 heterocycles. The molecule has 2 N–H and O–H groups in total. The number of carbonyl (C=O) groups is 4. The van der Waals surface area contributed by atoms with Gasteiger partial charge in [0, 0.05) is 37.8 Å². The predicted molar refractivity (Wildman–Crippen MR) is 137 cm³/mol. The summed E-state index contributed by atoms with van der Waals surface area (Å²) in [6, 6.07) is 3.51. The molecule has 0 spiro atoms. The van der Waals surface area contributed by atoms with Gasteiger partial charge in [0.2, 0.25) is 0 Å². The third-order valence-electron chi connectivity index (χ3n) is 7.30. The number of rotatable bonds is 6. The van der Waals surface area contributed by atoms with Crippen LogP contribution in [0.3, 0.4) is 0 Å². The van der Waals surface area contributed by atoms with Gasteiger partial charge in [-0.15, -0.1) is 0 Å². The van der Waals surface area contributed by atoms with Gasteiger partial charge in [-0.05, 0) is 37.0 Å². The number of amides is 4. The van der Waals surface area contributed by atoms with Crippen molar-refractivity contribution in [2.75, 3.05) is 39.4 Å². The summed E-state index contributed by atoms with van der Waals surface area (Å²) in [5, 5.41) is 12.9. The first-order valence-corrected chi connectivity index (χ1v) is 13.4. The zero-order valence-corrected chi connectivity index (χ0v) is 22.0. The molecule has 1 saturated carbocycles. The van der Waals surface area contributed by atoms with Gasteiger partial charge in [0.1, 0.15) is 0 Å². The van der Waals surface area contributed by atoms with E-state index in [4.69, 9.17) is 27.9 Å². The van der Waals surface area contributed by atoms with Crippen LogP contribution in [0.5, 0.6) is 0 Å². The Morgan fingerprint density at radius 3 is 2.30 bits per heavy atom. The Balaban J connectivity index is 1.60. The molecular weight excluding hydrogens is 523 g/mol. The Morgan fingerprint density at radius 2 is 1.65 bits per heavy atom. The topological polar surface area (TPSA) is 119 Å². The number of halogens is 2. The number of benzene rings is 1. The molecule has 3 fully saturated rings. The van der Waals surface area contributed by atoms with E-state index >= 15 is 0 Å². The van der Waals surface area contributed by atoms with Crippen molar-refractivity contribution in [3.05, 3.63) is 33.8 Å². The highest BCUT2D eigenvalue weighted by Crippen LogP contribution is 2.29. The van der Waals surface area contributed by atoms with Gasteiger partial charge in [-0.2, -0.15) is 0 Å². The molecular formula is C25H32Cl2N4O6. The van der Waals surface area contributed by atoms with Crippen LogP contribution in [0, 0.1) is 5.92 Å². The number of nitrogens with zero attached hydrogens (tertiary/aromatic N) is 3. The van der Waals surface area contributed by atoms with Crippen molar-refractivity contribution in [3.63, 3.8) is 0 Å². The highest BCUT2D eigenvalue weighted by molar-refractivity contribution is 6.42. The van der Waals surface area contributed by atoms with E-state index in [1.54, 1.807) is 4.90 Å². The molecule has 4 amide bonds. The Morgan fingerprint density at radius 1 is 0.973 bits per heavy atom. The average Bonchev–Trinajstić information content (AvgIpc) is 3.35. The molecule has 37 heavy (non-hydrogen) atoms. The summed E-state index contributed by atoms with van der Waals surface area (Å²) in [5.74, 6) is -2.02. The fourth-order valence-electron chi connectivity index (χ4n) is 5.37. The second-order valence-electron chi connectivity index (χ2n) is 9.69. The summed E-state index contributed by atoms with van der Waals surface area (Å²) in [7, 11) is 0. The van der Waals surface area contributed by atoms with Crippen LogP contribution in [0.15, 0.2) is 18.2 Å². The maximum atomic E-state index is 13.8. The lowest BCUT2D eigenvalue weighted by atomic mass is 9.82. The van der Waals surface area contributed by atoms with Crippen molar-refractivity contribution in [1.29, 1.82) is 0 Å². The fourth-order valence-corrected chi connectivity index (χ4v) is 5.67. The molecule has 1 aliphatic carbocycles. The minimum atomic E-state index is -1.22. The van der Waals surface area contributed by atoms with Crippen molar-refractivity contribution < 1.29 is 29.0 Å². The van der Waals surface area contributed by atoms with Crippen LogP contribution in [0.25, 0.3) is 0 Å². The van der Waals surface area contributed by atoms with E-state index in [2.05, 4.69) is 5.32 Å². The number of urea groups is 1. The van der Waals surface area contributed by atoms with Crippen molar-refractivity contribution in [2.24, 2.45) is 5.92 Å². The number of aliphatic carboxylic acids is 1. The summed E-state index contributed by atoms with van der Waals surface area (Å²) >= 11 is 12.1. The lowest BCUT2D eigenvalue weighted by Crippen LogP contribution is -2.59. The van der Waals surface area contributed by atoms with E-state index < -0.39 is 30.0 Å². The highest BCUT2D eigenvalue weighted by atomic mass is 35.5. The van der Waals surface area contributed by atoms with Crippen molar-refractivity contribution in [1.82, 2.24) is 20.0 Å². The summed E-state index contributed by atoms with van der Waals surface area (Å²) in [6.07, 6.45) is 3.24. The molecule has 2 unspecified atom stereocenters. The first-order chi connectivity index (χ1) is 17.8. The van der Waals surface area contributed by atoms with E-state index in [0.29, 0.717) is 31.3 Å². The number of ether oxygens (including phenoxy) is 1. The standard InChI is InChI=1S/C25H32Cl2N4O6/c26-18-7-6-17(14-19(18)27)24(35)30-8-9-31(25(36)29-10-12-37-13-11-29)23(30)22(34)28-20(15-21(32)33)16-4-2-1-3-5-16/h6-7,14,16,20,23H,1-5,8-13,15H2,(H,28,34)(H,32,33). The Labute approximate surface area is 225 Å². The molecule has 1 aromatic carbocycles. The second-order valence-corrected chi connectivity index (χ2v) is 10.5. The molecule has 2 atom stereocenters. The van der Waals surface area contributed by atoms with Crippen LogP contribution in [-0.4, -0.2) is 95.2 Å². The molecule has 4 rings (SSSR count). The van der Waals surface area contributed by atoms with Crippen LogP contribution >= 0.6 is 23.2 Å². The van der Waals surface area contributed by atoms with Gasteiger partial charge in [-0.3, -0.25) is 19.3 Å². The number of nitrogens with one attached hydrogen (secondary N) is 1. The molecule has 1 aromatic rings. The van der Waals surface area contributed by atoms with Crippen LogP contribution in [-0.2, 0) is 14.3 Å². The van der Waals surface area contributed by atoms with Gasteiger partial charge in [0.15, 0.2) is 6.17 Å². The minimum Gasteiger partial charge on any atom is -0.481 e. The van der Waals surface area contributed by atoms with Crippen LogP contribution < -0.4 is 5.32 Å². The fraction of sp³-hybridized carbons (Fsp3) is 0.600. The van der Waals surface area contributed by atoms with Crippen LogP contribution in [0.2, 0.25) is 10.0 Å². The average molecular weight is 555 g/mol. The summed E-state index contributed by atoms with van der Waals surface area (Å²) < 4.78 is 5.35. The largest absolute Gasteiger partial charge is 0.481 e. The second kappa shape index (κ2) is 12.3. The summed E-state index contributed by atoms with van der Waals surface area (Å²) in [6.45, 7) is 1.85. The van der Waals surface area contributed by atoms with Crippen molar-refractivity contribution in [2.45, 2.75) is 50.7 Å². The highest BCUT2D eigenvalue weighted by Gasteiger charge is 2.45. The Kier molecular flexibility index (Phi) is 9.15. The lowest BCUT2D eigenvalue weighted by Gasteiger charge is -2.36. The van der Waals surface area contributed by atoms with Crippen LogP contribution in [0.1, 0.15) is 48.9 Å². The van der Waals surface area contributed by atoms with E-state index in [9.17, 15) is 24.3 Å². The molecule has 3 aliphatic rings. The van der Waals surface area contributed by atoms with Crippen molar-refractivity contribution in [3.8, 4) is 0 Å². The number of carbonyl (C=O) groups excluding carboxylic acids is 3. The summed E-state index contributed by atoms with van der Waals surface area (Å²) in [4.78, 5) is 56.7. The van der Waals surface area contributed by atoms with E-state index in [1.807, 2.05) is 0 Å². The number of hydrogen-bond donors (Lipinski definition) is 2. The third-order valence-corrected chi connectivity index (χ3v) is 8.04. The summed E-state index contributed by atoms with van der Waals surface area (Å²) in [5.41, 5.74) is 0.238. The predicted octanol–water partition coefficient (Wildman–Crippen LogP) is 3.07. The molecule has 10 nitrogen and oxygen atoms in total. The Hall–Kier alpha value is -2.56. The molecule has 2 saturated heterocycles. The molecule has 12 heteroatoms. The maximum Gasteiger partial charge on any atom is 0.322 e. The van der Waals surface area contributed by atoms with Gasteiger partial charge in [-0.1, -0.05) is 42.5 Å². The number of morpholine rings is 1. The van der Waals surface area contributed by atoms with Gasteiger partial charge < -0.3 is 25.0 Å². The van der Waals surface area contributed by atoms with Gasteiger partial charge >= 0.3 is 12.0 Å². The number of hydrogen-bond acceptors (Lipinski definition) is 5. The monoisotopic (exact) mass is 554 g/mol. The third kappa shape index (κ3) is 6.48. The number of carboxylic acid groups (broad SMARTS) is 1. The molecule has 2 aliphatic heterocycles. The molecule has 0 aromatic heterocycles. The first-order valence-electron chi connectivity index (χ1n) is 12.7. The van der Waals surface area contributed by atoms with E-state index in [1.165, 1.54) is 28.0 Å². The van der Waals surface area contributed by atoms with Crippen molar-refractivity contribution >= 4 is 47.0 Å². The quantitative estimate of drug-likeness (QED) is 0.557. The molecule has 0 radical (unpaired) electrons. The maximum absolute atomic E-state index is 13.8. The number of carboxylic acids is 1. The first kappa shape index (κ1) is 27.5. The lowest BCUT2D eigenvalue weighted by molar-refractivity contribution is -0.138. The molecule has 202 valence electrons. The van der Waals surface area contributed by atoms with Gasteiger partial charge in [0.05, 0.1) is 29.7 Å². The van der Waals surface area contributed by atoms with E-state index in [0.717, 1.165) is 32.1 Å². The van der Waals surface area contributed by atoms with Crippen LogP contribution in [0.4, 0.5) is 4.79 Å². The van der Waals surface area contributed by atoms with Gasteiger partial charge in [0.25, 0.3) is 11.8 Å². The Bertz CT molecular complexity index is 1030. The minimum absolute atomic E-state index is 0.0258. The van der Waals surface area contributed by atoms with Gasteiger partial charge in [-0.25, -0.2) is 4.79 Å². The molecule has 0 bridgehead atoms. The smallest absolute Gasteiger partial charge is 0.322 e. The van der Waals surface area contributed by atoms with E-state index in [-0.39, 0.29) is 42.0 Å². The SMILES string of the molecule is O=C(O)CC(NC(=O)C1N(C(=O)c2ccc(Cl)c(Cl)c2)CCN1C(=O)N1CCOCC1)C1CCCCC1. The zero-order valence-electron chi connectivity index (χ0n) is 20.5.